The second-order valence-electron chi connectivity index (χ2n) is 4.44. The minimum atomic E-state index is -0.458. The lowest BCUT2D eigenvalue weighted by atomic mass is 9.80. The van der Waals surface area contributed by atoms with Crippen LogP contribution in [0.2, 0.25) is 0 Å². The Morgan fingerprint density at radius 1 is 1.60 bits per heavy atom. The van der Waals surface area contributed by atoms with Crippen molar-refractivity contribution in [1.82, 2.24) is 5.32 Å². The van der Waals surface area contributed by atoms with Gasteiger partial charge in [0.1, 0.15) is 5.76 Å². The van der Waals surface area contributed by atoms with Gasteiger partial charge in [-0.2, -0.15) is 0 Å². The van der Waals surface area contributed by atoms with Crippen LogP contribution in [-0.4, -0.2) is 17.3 Å². The topological polar surface area (TPSA) is 45.4 Å². The Balaban J connectivity index is 1.86. The standard InChI is InChI=1S/C12H19NO2/c1-2-10(11-5-3-8-15-11)13-9-12(14)6-4-7-12/h3,5,8,10,13-14H,2,4,6-7,9H2,1H3. The quantitative estimate of drug-likeness (QED) is 0.781. The summed E-state index contributed by atoms with van der Waals surface area (Å²) < 4.78 is 5.36. The summed E-state index contributed by atoms with van der Waals surface area (Å²) in [6, 6.07) is 4.11. The molecule has 3 nitrogen and oxygen atoms in total. The van der Waals surface area contributed by atoms with Crippen LogP contribution < -0.4 is 5.32 Å². The highest BCUT2D eigenvalue weighted by molar-refractivity contribution is 5.04. The smallest absolute Gasteiger partial charge is 0.120 e. The summed E-state index contributed by atoms with van der Waals surface area (Å²) in [7, 11) is 0. The Kier molecular flexibility index (Phi) is 3.12. The number of hydrogen-bond donors (Lipinski definition) is 2. The summed E-state index contributed by atoms with van der Waals surface area (Å²) >= 11 is 0. The summed E-state index contributed by atoms with van der Waals surface area (Å²) in [6.07, 6.45) is 5.67. The number of hydrogen-bond acceptors (Lipinski definition) is 3. The molecule has 1 aliphatic rings. The Morgan fingerprint density at radius 2 is 2.40 bits per heavy atom. The van der Waals surface area contributed by atoms with Crippen LogP contribution in [0.25, 0.3) is 0 Å². The second kappa shape index (κ2) is 4.37. The molecule has 1 fully saturated rings. The third kappa shape index (κ3) is 2.41. The fourth-order valence-corrected chi connectivity index (χ4v) is 2.01. The van der Waals surface area contributed by atoms with Gasteiger partial charge in [0.15, 0.2) is 0 Å². The van der Waals surface area contributed by atoms with E-state index in [4.69, 9.17) is 4.42 Å². The molecule has 1 aromatic heterocycles. The molecule has 2 N–H and O–H groups in total. The minimum absolute atomic E-state index is 0.227. The summed E-state index contributed by atoms with van der Waals surface area (Å²) in [6.45, 7) is 2.79. The highest BCUT2D eigenvalue weighted by Gasteiger charge is 2.34. The van der Waals surface area contributed by atoms with E-state index in [1.165, 1.54) is 0 Å². The van der Waals surface area contributed by atoms with E-state index in [2.05, 4.69) is 12.2 Å². The van der Waals surface area contributed by atoms with Gasteiger partial charge < -0.3 is 14.8 Å². The zero-order chi connectivity index (χ0) is 10.7. The average Bonchev–Trinajstić information content (AvgIpc) is 2.69. The molecule has 0 aromatic carbocycles. The van der Waals surface area contributed by atoms with Crippen molar-refractivity contribution in [2.24, 2.45) is 0 Å². The van der Waals surface area contributed by atoms with Crippen LogP contribution in [0, 0.1) is 0 Å². The van der Waals surface area contributed by atoms with E-state index < -0.39 is 5.60 Å². The van der Waals surface area contributed by atoms with Crippen LogP contribution in [-0.2, 0) is 0 Å². The number of rotatable bonds is 5. The maximum absolute atomic E-state index is 9.96. The molecule has 84 valence electrons. The SMILES string of the molecule is CCC(NCC1(O)CCC1)c1ccco1. The maximum Gasteiger partial charge on any atom is 0.120 e. The molecule has 1 aromatic rings. The Hall–Kier alpha value is -0.800. The van der Waals surface area contributed by atoms with E-state index >= 15 is 0 Å². The lowest BCUT2D eigenvalue weighted by Gasteiger charge is -2.37. The van der Waals surface area contributed by atoms with E-state index in [-0.39, 0.29) is 6.04 Å². The molecule has 0 amide bonds. The van der Waals surface area contributed by atoms with Gasteiger partial charge in [0, 0.05) is 6.54 Å². The zero-order valence-corrected chi connectivity index (χ0v) is 9.20. The van der Waals surface area contributed by atoms with E-state index in [0.29, 0.717) is 6.54 Å². The Labute approximate surface area is 90.5 Å². The normalized spacial score (nSPS) is 20.9. The van der Waals surface area contributed by atoms with Crippen LogP contribution in [0.15, 0.2) is 22.8 Å². The average molecular weight is 209 g/mol. The molecular formula is C12H19NO2. The van der Waals surface area contributed by atoms with Crippen LogP contribution in [0.5, 0.6) is 0 Å². The van der Waals surface area contributed by atoms with Crippen molar-refractivity contribution >= 4 is 0 Å². The van der Waals surface area contributed by atoms with Gasteiger partial charge in [-0.15, -0.1) is 0 Å². The lowest BCUT2D eigenvalue weighted by Crippen LogP contribution is -2.46. The van der Waals surface area contributed by atoms with Crippen molar-refractivity contribution < 1.29 is 9.52 Å². The molecule has 1 unspecified atom stereocenters. The van der Waals surface area contributed by atoms with Crippen LogP contribution in [0.4, 0.5) is 0 Å². The van der Waals surface area contributed by atoms with Crippen molar-refractivity contribution in [2.75, 3.05) is 6.54 Å². The van der Waals surface area contributed by atoms with Gasteiger partial charge in [-0.25, -0.2) is 0 Å². The van der Waals surface area contributed by atoms with Crippen molar-refractivity contribution in [3.63, 3.8) is 0 Å². The molecule has 2 rings (SSSR count). The fraction of sp³-hybridized carbons (Fsp3) is 0.667. The van der Waals surface area contributed by atoms with Crippen molar-refractivity contribution in [2.45, 2.75) is 44.2 Å². The summed E-state index contributed by atoms with van der Waals surface area (Å²) in [5, 5.41) is 13.3. The molecule has 0 saturated heterocycles. The maximum atomic E-state index is 9.96. The molecule has 0 spiro atoms. The Bertz CT molecular complexity index is 291. The number of nitrogens with one attached hydrogen (secondary N) is 1. The highest BCUT2D eigenvalue weighted by Crippen LogP contribution is 2.31. The first-order valence-electron chi connectivity index (χ1n) is 5.73. The van der Waals surface area contributed by atoms with Gasteiger partial charge in [-0.1, -0.05) is 6.92 Å². The summed E-state index contributed by atoms with van der Waals surface area (Å²) in [4.78, 5) is 0. The van der Waals surface area contributed by atoms with Crippen LogP contribution in [0.1, 0.15) is 44.4 Å². The molecule has 1 aliphatic carbocycles. The summed E-state index contributed by atoms with van der Waals surface area (Å²) in [5.74, 6) is 0.959. The van der Waals surface area contributed by atoms with Gasteiger partial charge in [0.05, 0.1) is 17.9 Å². The lowest BCUT2D eigenvalue weighted by molar-refractivity contribution is -0.0337. The molecule has 1 saturated carbocycles. The van der Waals surface area contributed by atoms with Gasteiger partial charge >= 0.3 is 0 Å². The molecule has 1 heterocycles. The molecule has 1 atom stereocenters. The second-order valence-corrected chi connectivity index (χ2v) is 4.44. The van der Waals surface area contributed by atoms with Crippen LogP contribution in [0.3, 0.4) is 0 Å². The predicted molar refractivity (Wildman–Crippen MR) is 58.5 cm³/mol. The Morgan fingerprint density at radius 3 is 2.87 bits per heavy atom. The first-order chi connectivity index (χ1) is 7.23. The first kappa shape index (κ1) is 10.7. The molecule has 15 heavy (non-hydrogen) atoms. The van der Waals surface area contributed by atoms with E-state index in [1.807, 2.05) is 12.1 Å². The third-order valence-electron chi connectivity index (χ3n) is 3.26. The molecule has 0 aliphatic heterocycles. The molecule has 0 bridgehead atoms. The molecule has 3 heteroatoms. The van der Waals surface area contributed by atoms with Gasteiger partial charge in [0.2, 0.25) is 0 Å². The highest BCUT2D eigenvalue weighted by atomic mass is 16.3. The third-order valence-corrected chi connectivity index (χ3v) is 3.26. The minimum Gasteiger partial charge on any atom is -0.468 e. The first-order valence-corrected chi connectivity index (χ1v) is 5.73. The van der Waals surface area contributed by atoms with Crippen molar-refractivity contribution in [1.29, 1.82) is 0 Å². The summed E-state index contributed by atoms with van der Waals surface area (Å²) in [5.41, 5.74) is -0.458. The van der Waals surface area contributed by atoms with E-state index in [1.54, 1.807) is 6.26 Å². The largest absolute Gasteiger partial charge is 0.468 e. The molecule has 0 radical (unpaired) electrons. The van der Waals surface area contributed by atoms with Crippen molar-refractivity contribution in [3.8, 4) is 0 Å². The monoisotopic (exact) mass is 209 g/mol. The van der Waals surface area contributed by atoms with Crippen LogP contribution >= 0.6 is 0 Å². The zero-order valence-electron chi connectivity index (χ0n) is 9.20. The predicted octanol–water partition coefficient (Wildman–Crippen LogP) is 2.24. The fourth-order valence-electron chi connectivity index (χ4n) is 2.01. The number of aliphatic hydroxyl groups is 1. The van der Waals surface area contributed by atoms with E-state index in [9.17, 15) is 5.11 Å². The van der Waals surface area contributed by atoms with Gasteiger partial charge in [0.25, 0.3) is 0 Å². The van der Waals surface area contributed by atoms with Gasteiger partial charge in [-0.3, -0.25) is 0 Å². The van der Waals surface area contributed by atoms with Gasteiger partial charge in [-0.05, 0) is 37.8 Å². The number of furan rings is 1. The van der Waals surface area contributed by atoms with Crippen molar-refractivity contribution in [3.05, 3.63) is 24.2 Å². The van der Waals surface area contributed by atoms with E-state index in [0.717, 1.165) is 31.4 Å². The molecular weight excluding hydrogens is 190 g/mol.